The van der Waals surface area contributed by atoms with Crippen LogP contribution >= 0.6 is 23.2 Å². The predicted octanol–water partition coefficient (Wildman–Crippen LogP) is 2.67. The second-order valence-corrected chi connectivity index (χ2v) is 6.27. The van der Waals surface area contributed by atoms with Crippen LogP contribution in [-0.2, 0) is 20.7 Å². The van der Waals surface area contributed by atoms with Crippen molar-refractivity contribution in [2.45, 2.75) is 44.4 Å². The summed E-state index contributed by atoms with van der Waals surface area (Å²) in [5.41, 5.74) is 0.644. The highest BCUT2D eigenvalue weighted by Crippen LogP contribution is 2.21. The Morgan fingerprint density at radius 1 is 1.32 bits per heavy atom. The molecule has 1 amide bonds. The molecule has 0 aliphatic carbocycles. The number of carboxylic acid groups (broad SMARTS) is 1. The lowest BCUT2D eigenvalue weighted by atomic mass is 10.1. The molecule has 3 unspecified atom stereocenters. The molecule has 22 heavy (non-hydrogen) atoms. The fraction of sp³-hybridized carbons (Fsp3) is 0.467. The summed E-state index contributed by atoms with van der Waals surface area (Å²) in [6.07, 6.45) is 0.927. The van der Waals surface area contributed by atoms with Crippen LogP contribution < -0.4 is 5.32 Å². The number of amides is 1. The highest BCUT2D eigenvalue weighted by Gasteiger charge is 2.31. The number of carbonyl (C=O) groups excluding carboxylic acids is 1. The van der Waals surface area contributed by atoms with Crippen LogP contribution in [0.3, 0.4) is 0 Å². The fourth-order valence-corrected chi connectivity index (χ4v) is 3.00. The Morgan fingerprint density at radius 2 is 1.95 bits per heavy atom. The van der Waals surface area contributed by atoms with Gasteiger partial charge in [0.1, 0.15) is 12.1 Å². The van der Waals surface area contributed by atoms with Crippen LogP contribution in [0.4, 0.5) is 0 Å². The molecule has 7 heteroatoms. The molecule has 1 saturated heterocycles. The first-order chi connectivity index (χ1) is 10.3. The highest BCUT2D eigenvalue weighted by atomic mass is 35.5. The zero-order valence-electron chi connectivity index (χ0n) is 12.0. The maximum Gasteiger partial charge on any atom is 0.326 e. The van der Waals surface area contributed by atoms with Gasteiger partial charge in [0.25, 0.3) is 0 Å². The summed E-state index contributed by atoms with van der Waals surface area (Å²) in [5.74, 6) is -1.51. The van der Waals surface area contributed by atoms with E-state index < -0.39 is 24.0 Å². The van der Waals surface area contributed by atoms with E-state index in [9.17, 15) is 14.7 Å². The third-order valence-electron chi connectivity index (χ3n) is 3.50. The van der Waals surface area contributed by atoms with Gasteiger partial charge in [0.05, 0.1) is 6.10 Å². The molecule has 1 aromatic carbocycles. The first kappa shape index (κ1) is 17.1. The minimum Gasteiger partial charge on any atom is -0.480 e. The van der Waals surface area contributed by atoms with Crippen molar-refractivity contribution in [3.63, 3.8) is 0 Å². The van der Waals surface area contributed by atoms with Gasteiger partial charge in [0.15, 0.2) is 0 Å². The van der Waals surface area contributed by atoms with Gasteiger partial charge in [-0.05, 0) is 43.5 Å². The molecule has 1 aliphatic rings. The predicted molar refractivity (Wildman–Crippen MR) is 83.3 cm³/mol. The molecule has 0 spiro atoms. The summed E-state index contributed by atoms with van der Waals surface area (Å²) in [6.45, 7) is 1.88. The molecule has 1 aliphatic heterocycles. The quantitative estimate of drug-likeness (QED) is 0.860. The van der Waals surface area contributed by atoms with Crippen molar-refractivity contribution in [3.8, 4) is 0 Å². The van der Waals surface area contributed by atoms with E-state index in [1.807, 2.05) is 6.92 Å². The molecular weight excluding hydrogens is 329 g/mol. The van der Waals surface area contributed by atoms with Crippen LogP contribution in [-0.4, -0.2) is 35.2 Å². The first-order valence-electron chi connectivity index (χ1n) is 6.98. The Bertz CT molecular complexity index is 558. The normalized spacial score (nSPS) is 22.3. The summed E-state index contributed by atoms with van der Waals surface area (Å²) in [7, 11) is 0. The number of carbonyl (C=O) groups is 2. The molecule has 120 valence electrons. The fourth-order valence-electron chi connectivity index (χ4n) is 2.42. The summed E-state index contributed by atoms with van der Waals surface area (Å²) >= 11 is 11.8. The summed E-state index contributed by atoms with van der Waals surface area (Å²) in [6, 6.07) is 3.77. The van der Waals surface area contributed by atoms with Crippen LogP contribution in [0.2, 0.25) is 10.0 Å². The monoisotopic (exact) mass is 345 g/mol. The number of halogens is 2. The van der Waals surface area contributed by atoms with Gasteiger partial charge in [-0.25, -0.2) is 4.79 Å². The van der Waals surface area contributed by atoms with Gasteiger partial charge in [-0.1, -0.05) is 23.2 Å². The van der Waals surface area contributed by atoms with E-state index in [1.165, 1.54) is 0 Å². The molecule has 2 N–H and O–H groups in total. The first-order valence-corrected chi connectivity index (χ1v) is 7.74. The van der Waals surface area contributed by atoms with Crippen LogP contribution in [0.15, 0.2) is 18.2 Å². The van der Waals surface area contributed by atoms with Gasteiger partial charge < -0.3 is 15.2 Å². The van der Waals surface area contributed by atoms with Crippen molar-refractivity contribution >= 4 is 35.1 Å². The molecule has 1 aromatic rings. The van der Waals surface area contributed by atoms with Gasteiger partial charge in [-0.2, -0.15) is 0 Å². The minimum absolute atomic E-state index is 0.0192. The van der Waals surface area contributed by atoms with Crippen LogP contribution in [0, 0.1) is 0 Å². The van der Waals surface area contributed by atoms with Crippen LogP contribution in [0.25, 0.3) is 0 Å². The van der Waals surface area contributed by atoms with Crippen molar-refractivity contribution in [2.75, 3.05) is 0 Å². The van der Waals surface area contributed by atoms with Crippen molar-refractivity contribution in [3.05, 3.63) is 33.8 Å². The number of rotatable bonds is 5. The smallest absolute Gasteiger partial charge is 0.326 e. The highest BCUT2D eigenvalue weighted by molar-refractivity contribution is 6.34. The molecular formula is C15H17Cl2NO4. The SMILES string of the molecule is CC1CCC(C(=O)NC(Cc2cc(Cl)cc(Cl)c2)C(=O)O)O1. The molecule has 1 fully saturated rings. The van der Waals surface area contributed by atoms with E-state index in [1.54, 1.807) is 18.2 Å². The van der Waals surface area contributed by atoms with Gasteiger partial charge in [0.2, 0.25) is 5.91 Å². The molecule has 0 bridgehead atoms. The third-order valence-corrected chi connectivity index (χ3v) is 3.94. The van der Waals surface area contributed by atoms with Crippen LogP contribution in [0.1, 0.15) is 25.3 Å². The Morgan fingerprint density at radius 3 is 2.45 bits per heavy atom. The molecule has 2 rings (SSSR count). The standard InChI is InChI=1S/C15H17Cl2NO4/c1-8-2-3-13(22-8)14(19)18-12(15(20)21)6-9-4-10(16)7-11(17)5-9/h4-5,7-8,12-13H,2-3,6H2,1H3,(H,18,19)(H,20,21). The number of benzene rings is 1. The van der Waals surface area contributed by atoms with Crippen LogP contribution in [0.5, 0.6) is 0 Å². The zero-order valence-corrected chi connectivity index (χ0v) is 13.5. The van der Waals surface area contributed by atoms with E-state index in [2.05, 4.69) is 5.32 Å². The van der Waals surface area contributed by atoms with E-state index in [4.69, 9.17) is 27.9 Å². The molecule has 0 radical (unpaired) electrons. The number of aliphatic carboxylic acids is 1. The second-order valence-electron chi connectivity index (χ2n) is 5.39. The van der Waals surface area contributed by atoms with Crippen molar-refractivity contribution in [1.29, 1.82) is 0 Å². The lowest BCUT2D eigenvalue weighted by molar-refractivity contribution is -0.144. The zero-order chi connectivity index (χ0) is 16.3. The average molecular weight is 346 g/mol. The Hall–Kier alpha value is -1.30. The molecule has 0 saturated carbocycles. The Labute approximate surface area is 138 Å². The third kappa shape index (κ3) is 4.60. The maximum absolute atomic E-state index is 12.1. The molecule has 1 heterocycles. The molecule has 5 nitrogen and oxygen atoms in total. The van der Waals surface area contributed by atoms with E-state index >= 15 is 0 Å². The van der Waals surface area contributed by atoms with Crippen molar-refractivity contribution in [2.24, 2.45) is 0 Å². The number of hydrogen-bond donors (Lipinski definition) is 2. The summed E-state index contributed by atoms with van der Waals surface area (Å²) in [5, 5.41) is 12.7. The van der Waals surface area contributed by atoms with Gasteiger partial charge in [0, 0.05) is 16.5 Å². The largest absolute Gasteiger partial charge is 0.480 e. The molecule has 3 atom stereocenters. The summed E-state index contributed by atoms with van der Waals surface area (Å²) in [4.78, 5) is 23.4. The van der Waals surface area contributed by atoms with Gasteiger partial charge in [-0.3, -0.25) is 4.79 Å². The maximum atomic E-state index is 12.1. The van der Waals surface area contributed by atoms with Gasteiger partial charge >= 0.3 is 5.97 Å². The van der Waals surface area contributed by atoms with E-state index in [0.717, 1.165) is 6.42 Å². The number of carboxylic acids is 1. The number of nitrogens with one attached hydrogen (secondary N) is 1. The van der Waals surface area contributed by atoms with Crippen molar-refractivity contribution < 1.29 is 19.4 Å². The molecule has 0 aromatic heterocycles. The van der Waals surface area contributed by atoms with E-state index in [0.29, 0.717) is 22.0 Å². The topological polar surface area (TPSA) is 75.6 Å². The number of hydrogen-bond acceptors (Lipinski definition) is 3. The van der Waals surface area contributed by atoms with Gasteiger partial charge in [-0.15, -0.1) is 0 Å². The lowest BCUT2D eigenvalue weighted by Gasteiger charge is -2.18. The van der Waals surface area contributed by atoms with E-state index in [-0.39, 0.29) is 12.5 Å². The van der Waals surface area contributed by atoms with Crippen molar-refractivity contribution in [1.82, 2.24) is 5.32 Å². The second kappa shape index (κ2) is 7.31. The lowest BCUT2D eigenvalue weighted by Crippen LogP contribution is -2.46. The Balaban J connectivity index is 2.03. The minimum atomic E-state index is -1.12. The number of ether oxygens (including phenoxy) is 1. The Kier molecular flexibility index (Phi) is 5.67. The average Bonchev–Trinajstić information content (AvgIpc) is 2.83. The summed E-state index contributed by atoms with van der Waals surface area (Å²) < 4.78 is 5.44.